The summed E-state index contributed by atoms with van der Waals surface area (Å²) >= 11 is 1.57. The molecule has 2 heterocycles. The quantitative estimate of drug-likeness (QED) is 0.289. The minimum absolute atomic E-state index is 0.280. The highest BCUT2D eigenvalue weighted by atomic mass is 32.2. The van der Waals surface area contributed by atoms with Crippen molar-refractivity contribution in [1.82, 2.24) is 25.1 Å². The van der Waals surface area contributed by atoms with Crippen LogP contribution in [0.15, 0.2) is 35.6 Å². The smallest absolute Gasteiger partial charge is 0.251 e. The SMILES string of the molecule is COCCNc1nc(SC(C)C)nc2c1cnn2CCNC(=O)c1cccc(F)c1. The van der Waals surface area contributed by atoms with Crippen LogP contribution >= 0.6 is 11.8 Å². The molecular weight excluding hydrogens is 407 g/mol. The molecule has 160 valence electrons. The Hall–Kier alpha value is -2.72. The molecule has 0 aliphatic heterocycles. The number of benzene rings is 1. The zero-order chi connectivity index (χ0) is 21.5. The van der Waals surface area contributed by atoms with Crippen molar-refractivity contribution in [2.24, 2.45) is 0 Å². The van der Waals surface area contributed by atoms with Crippen LogP contribution in [0.3, 0.4) is 0 Å². The number of halogens is 1. The fourth-order valence-corrected chi connectivity index (χ4v) is 3.48. The Morgan fingerprint density at radius 1 is 1.30 bits per heavy atom. The highest BCUT2D eigenvalue weighted by molar-refractivity contribution is 7.99. The maximum atomic E-state index is 13.3. The van der Waals surface area contributed by atoms with E-state index >= 15 is 0 Å². The van der Waals surface area contributed by atoms with Crippen LogP contribution in [0.25, 0.3) is 11.0 Å². The van der Waals surface area contributed by atoms with Crippen LogP contribution in [0, 0.1) is 5.82 Å². The van der Waals surface area contributed by atoms with Gasteiger partial charge in [0.2, 0.25) is 0 Å². The molecule has 0 fully saturated rings. The van der Waals surface area contributed by atoms with E-state index in [0.29, 0.717) is 48.1 Å². The molecule has 0 aliphatic carbocycles. The van der Waals surface area contributed by atoms with Crippen LogP contribution in [0.4, 0.5) is 10.2 Å². The number of carbonyl (C=O) groups is 1. The standard InChI is InChI=1S/C20H25FN6O2S/c1-13(2)30-20-25-17(22-8-10-29-3)16-12-24-27(18(16)26-20)9-7-23-19(28)14-5-4-6-15(21)11-14/h4-6,11-13H,7-10H2,1-3H3,(H,23,28)(H,22,25,26). The van der Waals surface area contributed by atoms with Crippen LogP contribution in [-0.4, -0.2) is 57.7 Å². The average molecular weight is 433 g/mol. The first-order chi connectivity index (χ1) is 14.5. The van der Waals surface area contributed by atoms with Gasteiger partial charge in [0.05, 0.1) is 24.7 Å². The monoisotopic (exact) mass is 432 g/mol. The lowest BCUT2D eigenvalue weighted by Crippen LogP contribution is -2.27. The lowest BCUT2D eigenvalue weighted by Gasteiger charge is -2.11. The molecule has 2 aromatic heterocycles. The fourth-order valence-electron chi connectivity index (χ4n) is 2.78. The first-order valence-corrected chi connectivity index (χ1v) is 10.5. The molecule has 0 saturated heterocycles. The Morgan fingerprint density at radius 2 is 2.13 bits per heavy atom. The molecule has 30 heavy (non-hydrogen) atoms. The number of amides is 1. The zero-order valence-electron chi connectivity index (χ0n) is 17.2. The Labute approximate surface area is 178 Å². The van der Waals surface area contributed by atoms with Gasteiger partial charge >= 0.3 is 0 Å². The van der Waals surface area contributed by atoms with E-state index in [1.54, 1.807) is 35.8 Å². The highest BCUT2D eigenvalue weighted by Gasteiger charge is 2.14. The third-order valence-corrected chi connectivity index (χ3v) is 4.98. The van der Waals surface area contributed by atoms with E-state index in [2.05, 4.69) is 39.5 Å². The number of hydrogen-bond acceptors (Lipinski definition) is 7. The summed E-state index contributed by atoms with van der Waals surface area (Å²) in [7, 11) is 1.65. The van der Waals surface area contributed by atoms with Crippen molar-refractivity contribution in [2.75, 3.05) is 32.1 Å². The molecule has 0 aliphatic rings. The molecule has 10 heteroatoms. The number of hydrogen-bond donors (Lipinski definition) is 2. The highest BCUT2D eigenvalue weighted by Crippen LogP contribution is 2.26. The van der Waals surface area contributed by atoms with Crippen molar-refractivity contribution in [1.29, 1.82) is 0 Å². The summed E-state index contributed by atoms with van der Waals surface area (Å²) in [5.41, 5.74) is 0.968. The zero-order valence-corrected chi connectivity index (χ0v) is 18.0. The number of ether oxygens (including phenoxy) is 1. The van der Waals surface area contributed by atoms with Gasteiger partial charge in [-0.25, -0.2) is 19.0 Å². The lowest BCUT2D eigenvalue weighted by molar-refractivity contribution is 0.0951. The summed E-state index contributed by atoms with van der Waals surface area (Å²) < 4.78 is 20.1. The van der Waals surface area contributed by atoms with Crippen molar-refractivity contribution in [3.63, 3.8) is 0 Å². The van der Waals surface area contributed by atoms with E-state index in [4.69, 9.17) is 4.74 Å². The third kappa shape index (κ3) is 5.67. The molecule has 3 rings (SSSR count). The predicted octanol–water partition coefficient (Wildman–Crippen LogP) is 2.95. The van der Waals surface area contributed by atoms with Gasteiger partial charge < -0.3 is 15.4 Å². The molecule has 0 atom stereocenters. The molecule has 0 unspecified atom stereocenters. The van der Waals surface area contributed by atoms with Gasteiger partial charge in [0.1, 0.15) is 11.6 Å². The molecule has 0 radical (unpaired) electrons. The average Bonchev–Trinajstić information content (AvgIpc) is 3.10. The van der Waals surface area contributed by atoms with Crippen LogP contribution in [0.2, 0.25) is 0 Å². The van der Waals surface area contributed by atoms with Gasteiger partial charge in [0.25, 0.3) is 5.91 Å². The molecule has 2 N–H and O–H groups in total. The predicted molar refractivity (Wildman–Crippen MR) is 115 cm³/mol. The number of aromatic nitrogens is 4. The number of rotatable bonds is 10. The molecule has 1 aromatic carbocycles. The number of methoxy groups -OCH3 is 1. The normalized spacial score (nSPS) is 11.2. The van der Waals surface area contributed by atoms with Gasteiger partial charge in [-0.3, -0.25) is 4.79 Å². The van der Waals surface area contributed by atoms with Gasteiger partial charge in [-0.2, -0.15) is 5.10 Å². The molecule has 0 saturated carbocycles. The van der Waals surface area contributed by atoms with Crippen LogP contribution < -0.4 is 10.6 Å². The van der Waals surface area contributed by atoms with E-state index in [0.717, 1.165) is 5.39 Å². The van der Waals surface area contributed by atoms with E-state index in [9.17, 15) is 9.18 Å². The second-order valence-corrected chi connectivity index (χ2v) is 8.36. The molecule has 3 aromatic rings. The minimum atomic E-state index is -0.443. The Morgan fingerprint density at radius 3 is 2.87 bits per heavy atom. The van der Waals surface area contributed by atoms with Gasteiger partial charge in [-0.15, -0.1) is 0 Å². The van der Waals surface area contributed by atoms with Crippen molar-refractivity contribution in [3.8, 4) is 0 Å². The maximum Gasteiger partial charge on any atom is 0.251 e. The van der Waals surface area contributed by atoms with Gasteiger partial charge in [-0.05, 0) is 18.2 Å². The van der Waals surface area contributed by atoms with Gasteiger partial charge in [-0.1, -0.05) is 31.7 Å². The minimum Gasteiger partial charge on any atom is -0.383 e. The summed E-state index contributed by atoms with van der Waals surface area (Å²) in [5, 5.41) is 12.3. The number of nitrogens with one attached hydrogen (secondary N) is 2. The Kier molecular flexibility index (Phi) is 7.58. The third-order valence-electron chi connectivity index (χ3n) is 4.11. The van der Waals surface area contributed by atoms with Gasteiger partial charge in [0.15, 0.2) is 10.8 Å². The van der Waals surface area contributed by atoms with Crippen molar-refractivity contribution in [3.05, 3.63) is 41.8 Å². The van der Waals surface area contributed by atoms with Crippen molar-refractivity contribution in [2.45, 2.75) is 30.8 Å². The number of fused-ring (bicyclic) bond motifs is 1. The van der Waals surface area contributed by atoms with Crippen LogP contribution in [0.5, 0.6) is 0 Å². The van der Waals surface area contributed by atoms with Crippen LogP contribution in [0.1, 0.15) is 24.2 Å². The Bertz CT molecular complexity index is 1010. The van der Waals surface area contributed by atoms with Crippen molar-refractivity contribution < 1.29 is 13.9 Å². The number of nitrogens with zero attached hydrogens (tertiary/aromatic N) is 4. The lowest BCUT2D eigenvalue weighted by atomic mass is 10.2. The van der Waals surface area contributed by atoms with Crippen molar-refractivity contribution >= 4 is 34.5 Å². The summed E-state index contributed by atoms with van der Waals surface area (Å²) in [6.07, 6.45) is 1.71. The molecular formula is C20H25FN6O2S. The molecule has 8 nitrogen and oxygen atoms in total. The topological polar surface area (TPSA) is 94.0 Å². The molecule has 0 spiro atoms. The summed E-state index contributed by atoms with van der Waals surface area (Å²) in [6, 6.07) is 5.59. The van der Waals surface area contributed by atoms with Crippen LogP contribution in [-0.2, 0) is 11.3 Å². The summed E-state index contributed by atoms with van der Waals surface area (Å²) in [6.45, 7) is 6.08. The fraction of sp³-hybridized carbons (Fsp3) is 0.400. The summed E-state index contributed by atoms with van der Waals surface area (Å²) in [5.74, 6) is -0.0742. The first-order valence-electron chi connectivity index (χ1n) is 9.64. The second-order valence-electron chi connectivity index (χ2n) is 6.81. The second kappa shape index (κ2) is 10.4. The van der Waals surface area contributed by atoms with E-state index < -0.39 is 5.82 Å². The van der Waals surface area contributed by atoms with E-state index in [1.807, 2.05) is 0 Å². The molecule has 0 bridgehead atoms. The largest absolute Gasteiger partial charge is 0.383 e. The maximum absolute atomic E-state index is 13.3. The first kappa shape index (κ1) is 22.0. The summed E-state index contributed by atoms with van der Waals surface area (Å²) in [4.78, 5) is 21.5. The number of thioether (sulfide) groups is 1. The van der Waals surface area contributed by atoms with E-state index in [1.165, 1.54) is 18.2 Å². The van der Waals surface area contributed by atoms with Gasteiger partial charge in [0, 0.05) is 31.0 Å². The Balaban J connectivity index is 1.74. The van der Waals surface area contributed by atoms with E-state index in [-0.39, 0.29) is 11.5 Å². The molecule has 1 amide bonds. The number of anilines is 1. The number of carbonyl (C=O) groups excluding carboxylic acids is 1.